The molecule has 2 atom stereocenters. The number of nitrogens with zero attached hydrogens (tertiary/aromatic N) is 2. The monoisotopic (exact) mass is 221 g/mol. The quantitative estimate of drug-likeness (QED) is 0.516. The third kappa shape index (κ3) is 1.79. The van der Waals surface area contributed by atoms with Gasteiger partial charge in [-0.25, -0.2) is 0 Å². The van der Waals surface area contributed by atoms with Crippen molar-refractivity contribution < 1.29 is 5.11 Å². The molecule has 86 valence electrons. The lowest BCUT2D eigenvalue weighted by molar-refractivity contribution is 0.249. The molecule has 0 spiro atoms. The van der Waals surface area contributed by atoms with Crippen LogP contribution in [0.2, 0.25) is 0 Å². The van der Waals surface area contributed by atoms with Crippen LogP contribution >= 0.6 is 0 Å². The van der Waals surface area contributed by atoms with Gasteiger partial charge in [0.05, 0.1) is 0 Å². The summed E-state index contributed by atoms with van der Waals surface area (Å²) in [6.07, 6.45) is 4.71. The van der Waals surface area contributed by atoms with Crippen LogP contribution in [0.3, 0.4) is 0 Å². The van der Waals surface area contributed by atoms with Crippen molar-refractivity contribution in [2.45, 2.75) is 12.3 Å². The van der Waals surface area contributed by atoms with Crippen LogP contribution in [0.5, 0.6) is 0 Å². The van der Waals surface area contributed by atoms with Gasteiger partial charge < -0.3 is 22.3 Å². The molecule has 0 unspecified atom stereocenters. The number of hydrogen-bond acceptors (Lipinski definition) is 6. The van der Waals surface area contributed by atoms with Crippen molar-refractivity contribution in [3.8, 4) is 0 Å². The minimum absolute atomic E-state index is 0.0674. The Labute approximate surface area is 93.2 Å². The Bertz CT molecular complexity index is 408. The average molecular weight is 221 g/mol. The van der Waals surface area contributed by atoms with Gasteiger partial charge in [0.1, 0.15) is 11.6 Å². The molecule has 2 rings (SSSR count). The van der Waals surface area contributed by atoms with Gasteiger partial charge in [0.15, 0.2) is 0 Å². The van der Waals surface area contributed by atoms with Crippen molar-refractivity contribution in [2.24, 2.45) is 5.92 Å². The molecule has 0 bridgehead atoms. The lowest BCUT2D eigenvalue weighted by Gasteiger charge is -2.14. The van der Waals surface area contributed by atoms with E-state index >= 15 is 0 Å². The molecule has 6 nitrogen and oxygen atoms in total. The highest BCUT2D eigenvalue weighted by Gasteiger charge is 2.24. The lowest BCUT2D eigenvalue weighted by atomic mass is 9.96. The third-order valence-corrected chi connectivity index (χ3v) is 2.80. The summed E-state index contributed by atoms with van der Waals surface area (Å²) in [5.41, 5.74) is 17.7. The molecule has 0 amide bonds. The fourth-order valence-electron chi connectivity index (χ4n) is 2.03. The van der Waals surface area contributed by atoms with E-state index < -0.39 is 0 Å². The zero-order chi connectivity index (χ0) is 11.7. The summed E-state index contributed by atoms with van der Waals surface area (Å²) in [4.78, 5) is 7.80. The number of hydrogen-bond donors (Lipinski definition) is 4. The van der Waals surface area contributed by atoms with Crippen LogP contribution in [0.4, 0.5) is 17.6 Å². The Morgan fingerprint density at radius 1 is 1.19 bits per heavy atom. The standard InChI is InChI=1S/C10H15N5O/c11-8-7(9(12)15-10(13)14-8)6-2-1-5(3-6)4-16/h1-2,5-6,16H,3-4H2,(H6,11,12,13,14,15)/t5-,6+/m0/s1. The second kappa shape index (κ2) is 3.97. The molecule has 1 aliphatic rings. The van der Waals surface area contributed by atoms with Crippen LogP contribution in [0.25, 0.3) is 0 Å². The first-order valence-electron chi connectivity index (χ1n) is 5.09. The number of allylic oxidation sites excluding steroid dienone is 1. The van der Waals surface area contributed by atoms with Crippen molar-refractivity contribution in [3.05, 3.63) is 17.7 Å². The van der Waals surface area contributed by atoms with Crippen LogP contribution in [0.1, 0.15) is 17.9 Å². The van der Waals surface area contributed by atoms with E-state index in [1.165, 1.54) is 0 Å². The first-order chi connectivity index (χ1) is 7.61. The first-order valence-corrected chi connectivity index (χ1v) is 5.09. The molecular weight excluding hydrogens is 206 g/mol. The molecule has 0 radical (unpaired) electrons. The van der Waals surface area contributed by atoms with Crippen molar-refractivity contribution in [2.75, 3.05) is 23.8 Å². The van der Waals surface area contributed by atoms with Gasteiger partial charge in [0.25, 0.3) is 0 Å². The fraction of sp³-hybridized carbons (Fsp3) is 0.400. The highest BCUT2D eigenvalue weighted by Crippen LogP contribution is 2.36. The van der Waals surface area contributed by atoms with Gasteiger partial charge in [0, 0.05) is 24.0 Å². The van der Waals surface area contributed by atoms with Crippen molar-refractivity contribution in [1.29, 1.82) is 0 Å². The number of aliphatic hydroxyl groups excluding tert-OH is 1. The summed E-state index contributed by atoms with van der Waals surface area (Å²) >= 11 is 0. The van der Waals surface area contributed by atoms with E-state index in [9.17, 15) is 0 Å². The molecule has 0 saturated carbocycles. The van der Waals surface area contributed by atoms with Crippen molar-refractivity contribution in [3.63, 3.8) is 0 Å². The van der Waals surface area contributed by atoms with Gasteiger partial charge in [-0.2, -0.15) is 9.97 Å². The fourth-order valence-corrected chi connectivity index (χ4v) is 2.03. The van der Waals surface area contributed by atoms with Gasteiger partial charge in [-0.15, -0.1) is 0 Å². The minimum Gasteiger partial charge on any atom is -0.396 e. The molecule has 1 aromatic rings. The van der Waals surface area contributed by atoms with E-state index in [0.29, 0.717) is 17.2 Å². The Morgan fingerprint density at radius 3 is 2.31 bits per heavy atom. The van der Waals surface area contributed by atoms with E-state index in [4.69, 9.17) is 22.3 Å². The van der Waals surface area contributed by atoms with Crippen LogP contribution in [-0.2, 0) is 0 Å². The molecule has 0 aromatic carbocycles. The SMILES string of the molecule is Nc1nc(N)c([C@@H]2C=C[C@H](CO)C2)c(N)n1. The zero-order valence-electron chi connectivity index (χ0n) is 8.80. The second-order valence-electron chi connectivity index (χ2n) is 3.94. The van der Waals surface area contributed by atoms with E-state index in [1.807, 2.05) is 12.2 Å². The maximum atomic E-state index is 9.05. The minimum atomic E-state index is 0.0674. The maximum Gasteiger partial charge on any atom is 0.223 e. The van der Waals surface area contributed by atoms with E-state index in [-0.39, 0.29) is 24.4 Å². The number of nitrogens with two attached hydrogens (primary N) is 3. The number of aliphatic hydroxyl groups is 1. The van der Waals surface area contributed by atoms with Gasteiger partial charge in [-0.1, -0.05) is 12.2 Å². The predicted octanol–water partition coefficient (Wildman–Crippen LogP) is -0.125. The Balaban J connectivity index is 2.32. The van der Waals surface area contributed by atoms with Crippen LogP contribution < -0.4 is 17.2 Å². The summed E-state index contributed by atoms with van der Waals surface area (Å²) in [7, 11) is 0. The van der Waals surface area contributed by atoms with E-state index in [1.54, 1.807) is 0 Å². The Hall–Kier alpha value is -1.82. The van der Waals surface area contributed by atoms with Crippen LogP contribution in [0, 0.1) is 5.92 Å². The highest BCUT2D eigenvalue weighted by molar-refractivity contribution is 5.59. The van der Waals surface area contributed by atoms with E-state index in [2.05, 4.69) is 9.97 Å². The van der Waals surface area contributed by atoms with Crippen molar-refractivity contribution >= 4 is 17.6 Å². The Morgan fingerprint density at radius 2 is 1.81 bits per heavy atom. The topological polar surface area (TPSA) is 124 Å². The molecule has 0 aliphatic heterocycles. The molecule has 7 N–H and O–H groups in total. The molecule has 1 aromatic heterocycles. The van der Waals surface area contributed by atoms with Gasteiger partial charge in [-0.3, -0.25) is 0 Å². The molecule has 0 saturated heterocycles. The maximum absolute atomic E-state index is 9.05. The average Bonchev–Trinajstić information content (AvgIpc) is 2.64. The number of aromatic nitrogens is 2. The summed E-state index contributed by atoms with van der Waals surface area (Å²) in [6.45, 7) is 0.128. The molecule has 0 fully saturated rings. The van der Waals surface area contributed by atoms with Crippen molar-refractivity contribution in [1.82, 2.24) is 9.97 Å². The van der Waals surface area contributed by atoms with Gasteiger partial charge in [0.2, 0.25) is 5.95 Å². The highest BCUT2D eigenvalue weighted by atomic mass is 16.3. The molecule has 16 heavy (non-hydrogen) atoms. The largest absolute Gasteiger partial charge is 0.396 e. The summed E-state index contributed by atoms with van der Waals surface area (Å²) in [5.74, 6) is 0.940. The second-order valence-corrected chi connectivity index (χ2v) is 3.94. The van der Waals surface area contributed by atoms with Gasteiger partial charge >= 0.3 is 0 Å². The summed E-state index contributed by atoms with van der Waals surface area (Å²) in [6, 6.07) is 0. The molecular formula is C10H15N5O. The van der Waals surface area contributed by atoms with Crippen LogP contribution in [0.15, 0.2) is 12.2 Å². The summed E-state index contributed by atoms with van der Waals surface area (Å²) < 4.78 is 0. The smallest absolute Gasteiger partial charge is 0.223 e. The lowest BCUT2D eigenvalue weighted by Crippen LogP contribution is -2.11. The van der Waals surface area contributed by atoms with Crippen LogP contribution in [-0.4, -0.2) is 21.7 Å². The Kier molecular flexibility index (Phi) is 2.66. The number of anilines is 3. The van der Waals surface area contributed by atoms with Gasteiger partial charge in [-0.05, 0) is 6.42 Å². The first kappa shape index (κ1) is 10.7. The summed E-state index contributed by atoms with van der Waals surface area (Å²) in [5, 5.41) is 9.05. The zero-order valence-corrected chi connectivity index (χ0v) is 8.80. The predicted molar refractivity (Wildman–Crippen MR) is 62.3 cm³/mol. The molecule has 1 aliphatic carbocycles. The molecule has 1 heterocycles. The number of rotatable bonds is 2. The van der Waals surface area contributed by atoms with E-state index in [0.717, 1.165) is 6.42 Å². The number of nitrogen functional groups attached to an aromatic ring is 3. The third-order valence-electron chi connectivity index (χ3n) is 2.80. The molecule has 6 heteroatoms. The normalized spacial score (nSPS) is 23.8.